The molecule has 3 nitrogen and oxygen atoms in total. The SMILES string of the molecule is Cc1ccsc1/C=N\NC(=O)CC12CC3CC(CC(C3)C1)C2. The smallest absolute Gasteiger partial charge is 0.240 e. The topological polar surface area (TPSA) is 41.5 Å². The highest BCUT2D eigenvalue weighted by Gasteiger charge is 2.51. The van der Waals surface area contributed by atoms with Gasteiger partial charge in [0.2, 0.25) is 5.91 Å². The number of nitrogens with one attached hydrogen (secondary N) is 1. The molecular formula is C18H24N2OS. The second-order valence-electron chi connectivity index (χ2n) is 7.86. The van der Waals surface area contributed by atoms with Crippen molar-refractivity contribution in [3.8, 4) is 0 Å². The summed E-state index contributed by atoms with van der Waals surface area (Å²) < 4.78 is 0. The Labute approximate surface area is 136 Å². The number of thiophene rings is 1. The van der Waals surface area contributed by atoms with E-state index in [1.54, 1.807) is 17.6 Å². The van der Waals surface area contributed by atoms with E-state index in [4.69, 9.17) is 0 Å². The van der Waals surface area contributed by atoms with Crippen LogP contribution in [0.15, 0.2) is 16.5 Å². The van der Waals surface area contributed by atoms with Crippen LogP contribution >= 0.6 is 11.3 Å². The molecule has 5 rings (SSSR count). The summed E-state index contributed by atoms with van der Waals surface area (Å²) in [4.78, 5) is 13.4. The molecule has 1 N–H and O–H groups in total. The summed E-state index contributed by atoms with van der Waals surface area (Å²) in [7, 11) is 0. The minimum absolute atomic E-state index is 0.104. The van der Waals surface area contributed by atoms with Crippen LogP contribution in [0.3, 0.4) is 0 Å². The van der Waals surface area contributed by atoms with Gasteiger partial charge in [-0.2, -0.15) is 5.10 Å². The first kappa shape index (κ1) is 14.4. The van der Waals surface area contributed by atoms with Gasteiger partial charge in [0, 0.05) is 11.3 Å². The molecule has 4 heteroatoms. The molecule has 0 atom stereocenters. The second kappa shape index (κ2) is 5.48. The van der Waals surface area contributed by atoms with E-state index in [-0.39, 0.29) is 5.91 Å². The maximum Gasteiger partial charge on any atom is 0.240 e. The molecular weight excluding hydrogens is 292 g/mol. The van der Waals surface area contributed by atoms with Crippen LogP contribution in [0.1, 0.15) is 55.4 Å². The first-order valence-electron chi connectivity index (χ1n) is 8.48. The summed E-state index contributed by atoms with van der Waals surface area (Å²) in [6, 6.07) is 2.07. The second-order valence-corrected chi connectivity index (χ2v) is 8.80. The van der Waals surface area contributed by atoms with E-state index < -0.39 is 0 Å². The number of hydrogen-bond donors (Lipinski definition) is 1. The minimum atomic E-state index is 0.104. The van der Waals surface area contributed by atoms with Gasteiger partial charge in [0.25, 0.3) is 0 Å². The van der Waals surface area contributed by atoms with Crippen molar-refractivity contribution < 1.29 is 4.79 Å². The fourth-order valence-electron chi connectivity index (χ4n) is 5.57. The lowest BCUT2D eigenvalue weighted by Gasteiger charge is -2.56. The van der Waals surface area contributed by atoms with Crippen LogP contribution in [0.2, 0.25) is 0 Å². The first-order valence-corrected chi connectivity index (χ1v) is 9.36. The third-order valence-corrected chi connectivity index (χ3v) is 6.93. The summed E-state index contributed by atoms with van der Waals surface area (Å²) in [5, 5.41) is 6.21. The van der Waals surface area contributed by atoms with Gasteiger partial charge in [-0.1, -0.05) is 0 Å². The predicted octanol–water partition coefficient (Wildman–Crippen LogP) is 4.11. The molecule has 4 aliphatic carbocycles. The van der Waals surface area contributed by atoms with Crippen molar-refractivity contribution in [1.29, 1.82) is 0 Å². The quantitative estimate of drug-likeness (QED) is 0.659. The molecule has 4 bridgehead atoms. The van der Waals surface area contributed by atoms with E-state index in [0.29, 0.717) is 11.8 Å². The zero-order chi connectivity index (χ0) is 15.2. The average molecular weight is 316 g/mol. The van der Waals surface area contributed by atoms with Crippen LogP contribution in [0.25, 0.3) is 0 Å². The molecule has 118 valence electrons. The zero-order valence-corrected chi connectivity index (χ0v) is 14.0. The Bertz CT molecular complexity index is 569. The first-order chi connectivity index (χ1) is 10.6. The summed E-state index contributed by atoms with van der Waals surface area (Å²) in [5.74, 6) is 2.80. The van der Waals surface area contributed by atoms with Crippen LogP contribution in [0.5, 0.6) is 0 Å². The molecule has 4 saturated carbocycles. The molecule has 0 saturated heterocycles. The molecule has 1 aromatic heterocycles. The molecule has 1 amide bonds. The van der Waals surface area contributed by atoms with Gasteiger partial charge in [0.1, 0.15) is 0 Å². The average Bonchev–Trinajstić information content (AvgIpc) is 2.82. The lowest BCUT2D eigenvalue weighted by Crippen LogP contribution is -2.47. The largest absolute Gasteiger partial charge is 0.273 e. The van der Waals surface area contributed by atoms with E-state index in [1.807, 2.05) is 5.38 Å². The fraction of sp³-hybridized carbons (Fsp3) is 0.667. The molecule has 0 aliphatic heterocycles. The standard InChI is InChI=1S/C18H24N2OS/c1-12-2-3-22-16(12)11-19-20-17(21)10-18-7-13-4-14(8-18)6-15(5-13)9-18/h2-3,11,13-15H,4-10H2,1H3,(H,20,21)/b19-11-. The summed E-state index contributed by atoms with van der Waals surface area (Å²) >= 11 is 1.66. The lowest BCUT2D eigenvalue weighted by atomic mass is 9.49. The number of carbonyl (C=O) groups is 1. The van der Waals surface area contributed by atoms with Crippen molar-refractivity contribution in [2.45, 2.75) is 51.9 Å². The maximum absolute atomic E-state index is 12.3. The Kier molecular flexibility index (Phi) is 3.60. The highest BCUT2D eigenvalue weighted by Crippen LogP contribution is 2.61. The molecule has 1 heterocycles. The van der Waals surface area contributed by atoms with Gasteiger partial charge in [0.05, 0.1) is 6.21 Å². The van der Waals surface area contributed by atoms with Crippen LogP contribution in [-0.2, 0) is 4.79 Å². The van der Waals surface area contributed by atoms with Gasteiger partial charge in [-0.05, 0) is 85.6 Å². The van der Waals surface area contributed by atoms with Gasteiger partial charge in [-0.25, -0.2) is 5.43 Å². The normalized spacial score (nSPS) is 36.1. The third kappa shape index (κ3) is 2.73. The number of hydrazone groups is 1. The number of aryl methyl sites for hydroxylation is 1. The fourth-order valence-corrected chi connectivity index (χ4v) is 6.35. The summed E-state index contributed by atoms with van der Waals surface area (Å²) in [6.07, 6.45) is 10.6. The maximum atomic E-state index is 12.3. The van der Waals surface area contributed by atoms with E-state index in [2.05, 4.69) is 23.5 Å². The van der Waals surface area contributed by atoms with Crippen molar-refractivity contribution in [2.75, 3.05) is 0 Å². The van der Waals surface area contributed by atoms with Crippen LogP contribution < -0.4 is 5.43 Å². The van der Waals surface area contributed by atoms with Crippen molar-refractivity contribution >= 4 is 23.5 Å². The predicted molar refractivity (Wildman–Crippen MR) is 90.0 cm³/mol. The van der Waals surface area contributed by atoms with Crippen molar-refractivity contribution in [2.24, 2.45) is 28.3 Å². The van der Waals surface area contributed by atoms with E-state index in [9.17, 15) is 4.79 Å². The van der Waals surface area contributed by atoms with Crippen molar-refractivity contribution in [3.63, 3.8) is 0 Å². The number of nitrogens with zero attached hydrogens (tertiary/aromatic N) is 1. The number of amides is 1. The molecule has 0 aromatic carbocycles. The van der Waals surface area contributed by atoms with Gasteiger partial charge < -0.3 is 0 Å². The molecule has 0 unspecified atom stereocenters. The third-order valence-electron chi connectivity index (χ3n) is 5.97. The molecule has 0 spiro atoms. The monoisotopic (exact) mass is 316 g/mol. The van der Waals surface area contributed by atoms with Crippen LogP contribution in [-0.4, -0.2) is 12.1 Å². The Morgan fingerprint density at radius 1 is 1.32 bits per heavy atom. The molecule has 4 aliphatic rings. The van der Waals surface area contributed by atoms with E-state index in [1.165, 1.54) is 44.1 Å². The van der Waals surface area contributed by atoms with Gasteiger partial charge in [-0.15, -0.1) is 11.3 Å². The molecule has 1 aromatic rings. The van der Waals surface area contributed by atoms with Gasteiger partial charge in [-0.3, -0.25) is 4.79 Å². The number of rotatable bonds is 4. The Hall–Kier alpha value is -1.16. The summed E-state index contributed by atoms with van der Waals surface area (Å²) in [5.41, 5.74) is 4.27. The van der Waals surface area contributed by atoms with E-state index >= 15 is 0 Å². The number of hydrogen-bond acceptors (Lipinski definition) is 3. The minimum Gasteiger partial charge on any atom is -0.273 e. The lowest BCUT2D eigenvalue weighted by molar-refractivity contribution is -0.129. The van der Waals surface area contributed by atoms with Crippen LogP contribution in [0, 0.1) is 30.1 Å². The summed E-state index contributed by atoms with van der Waals surface area (Å²) in [6.45, 7) is 2.06. The molecule has 4 fully saturated rings. The molecule has 0 radical (unpaired) electrons. The van der Waals surface area contributed by atoms with E-state index in [0.717, 1.165) is 22.6 Å². The zero-order valence-electron chi connectivity index (χ0n) is 13.2. The number of carbonyl (C=O) groups excluding carboxylic acids is 1. The Morgan fingerprint density at radius 3 is 2.50 bits per heavy atom. The van der Waals surface area contributed by atoms with Gasteiger partial charge >= 0.3 is 0 Å². The highest BCUT2D eigenvalue weighted by atomic mass is 32.1. The highest BCUT2D eigenvalue weighted by molar-refractivity contribution is 7.11. The Morgan fingerprint density at radius 2 is 1.95 bits per heavy atom. The van der Waals surface area contributed by atoms with Crippen LogP contribution in [0.4, 0.5) is 0 Å². The van der Waals surface area contributed by atoms with Crippen molar-refractivity contribution in [3.05, 3.63) is 21.9 Å². The van der Waals surface area contributed by atoms with Gasteiger partial charge in [0.15, 0.2) is 0 Å². The molecule has 22 heavy (non-hydrogen) atoms. The van der Waals surface area contributed by atoms with Crippen molar-refractivity contribution in [1.82, 2.24) is 5.43 Å². The Balaban J connectivity index is 1.36.